The number of fused-ring (bicyclic) bond motifs is 5. The topological polar surface area (TPSA) is 55.4 Å². The number of nitrogens with one attached hydrogen (secondary N) is 1. The van der Waals surface area contributed by atoms with Crippen molar-refractivity contribution < 1.29 is 14.3 Å². The third-order valence-electron chi connectivity index (χ3n) is 8.58. The fourth-order valence-corrected chi connectivity index (χ4v) is 7.23. The molecule has 4 fully saturated rings. The van der Waals surface area contributed by atoms with Gasteiger partial charge >= 0.3 is 5.97 Å². The third kappa shape index (κ3) is 2.10. The fraction of sp³-hybridized carbons (Fsp3) is 0.900. The predicted molar refractivity (Wildman–Crippen MR) is 91.1 cm³/mol. The number of piperidine rings is 1. The van der Waals surface area contributed by atoms with Crippen molar-refractivity contribution in [1.82, 2.24) is 5.32 Å². The van der Waals surface area contributed by atoms with Crippen LogP contribution in [0.15, 0.2) is 0 Å². The Morgan fingerprint density at radius 2 is 1.79 bits per heavy atom. The second kappa shape index (κ2) is 5.47. The summed E-state index contributed by atoms with van der Waals surface area (Å²) in [4.78, 5) is 24.1. The maximum Gasteiger partial charge on any atom is 0.309 e. The lowest BCUT2D eigenvalue weighted by atomic mass is 9.47. The molecule has 0 aromatic rings. The van der Waals surface area contributed by atoms with Gasteiger partial charge in [-0.2, -0.15) is 0 Å². The molecule has 134 valence electrons. The van der Waals surface area contributed by atoms with Crippen LogP contribution in [0.5, 0.6) is 0 Å². The van der Waals surface area contributed by atoms with E-state index in [-0.39, 0.29) is 28.6 Å². The first-order chi connectivity index (χ1) is 11.4. The van der Waals surface area contributed by atoms with Crippen LogP contribution in [0.25, 0.3) is 0 Å². The summed E-state index contributed by atoms with van der Waals surface area (Å²) in [5.41, 5.74) is 0.372. The normalized spacial score (nSPS) is 50.3. The molecule has 0 aromatic heterocycles. The van der Waals surface area contributed by atoms with Crippen LogP contribution < -0.4 is 5.32 Å². The number of hydrogen-bond donors (Lipinski definition) is 1. The maximum atomic E-state index is 12.3. The van der Waals surface area contributed by atoms with Gasteiger partial charge in [0.1, 0.15) is 0 Å². The standard InChI is InChI=1S/C20H31NO3/c1-19-10-8-14-12(13(19)5-6-15(19)18(23)24-3)4-7-16-20(14,2)11-9-17(22)21-16/h12-16H,4-11H2,1-3H3,(H,21,22)/t12-,13-,14-,15+,16+,19-,20+/m1/s1. The molecular weight excluding hydrogens is 302 g/mol. The van der Waals surface area contributed by atoms with E-state index in [2.05, 4.69) is 19.2 Å². The zero-order valence-electron chi connectivity index (χ0n) is 15.3. The molecule has 0 aromatic carbocycles. The van der Waals surface area contributed by atoms with E-state index < -0.39 is 0 Å². The highest BCUT2D eigenvalue weighted by Gasteiger charge is 2.61. The largest absolute Gasteiger partial charge is 0.469 e. The number of rotatable bonds is 1. The van der Waals surface area contributed by atoms with Crippen molar-refractivity contribution in [3.63, 3.8) is 0 Å². The minimum atomic E-state index is 0.00303. The summed E-state index contributed by atoms with van der Waals surface area (Å²) in [7, 11) is 1.53. The average molecular weight is 333 g/mol. The number of ether oxygens (including phenoxy) is 1. The molecule has 0 unspecified atom stereocenters. The van der Waals surface area contributed by atoms with Crippen molar-refractivity contribution in [2.75, 3.05) is 7.11 Å². The molecule has 24 heavy (non-hydrogen) atoms. The SMILES string of the molecule is COC(=O)[C@@H]1CC[C@@H]2[C@H]3CC[C@@H]4NC(=O)CC[C@@]4(C)[C@@H]3CC[C@]21C. The average Bonchev–Trinajstić information content (AvgIpc) is 2.92. The fourth-order valence-electron chi connectivity index (χ4n) is 7.23. The van der Waals surface area contributed by atoms with Crippen LogP contribution in [0.3, 0.4) is 0 Å². The lowest BCUT2D eigenvalue weighted by Gasteiger charge is -2.60. The lowest BCUT2D eigenvalue weighted by Crippen LogP contribution is -2.61. The van der Waals surface area contributed by atoms with Crippen molar-refractivity contribution in [2.45, 2.75) is 71.3 Å². The van der Waals surface area contributed by atoms with Crippen molar-refractivity contribution in [3.05, 3.63) is 0 Å². The molecule has 4 rings (SSSR count). The summed E-state index contributed by atoms with van der Waals surface area (Å²) in [6.07, 6.45) is 8.54. The Morgan fingerprint density at radius 1 is 1.04 bits per heavy atom. The molecule has 1 aliphatic heterocycles. The van der Waals surface area contributed by atoms with Gasteiger partial charge in [-0.05, 0) is 73.5 Å². The van der Waals surface area contributed by atoms with Crippen LogP contribution in [-0.2, 0) is 14.3 Å². The van der Waals surface area contributed by atoms with Gasteiger partial charge < -0.3 is 10.1 Å². The summed E-state index contributed by atoms with van der Waals surface area (Å²) >= 11 is 0. The number of methoxy groups -OCH3 is 1. The zero-order valence-corrected chi connectivity index (χ0v) is 15.3. The van der Waals surface area contributed by atoms with E-state index in [9.17, 15) is 9.59 Å². The Hall–Kier alpha value is -1.06. The molecule has 4 nitrogen and oxygen atoms in total. The Bertz CT molecular complexity index is 561. The minimum Gasteiger partial charge on any atom is -0.469 e. The van der Waals surface area contributed by atoms with Crippen molar-refractivity contribution in [1.29, 1.82) is 0 Å². The quantitative estimate of drug-likeness (QED) is 0.749. The molecule has 1 N–H and O–H groups in total. The van der Waals surface area contributed by atoms with E-state index >= 15 is 0 Å². The molecule has 0 radical (unpaired) electrons. The first kappa shape index (κ1) is 16.4. The first-order valence-corrected chi connectivity index (χ1v) is 9.77. The highest BCUT2D eigenvalue weighted by molar-refractivity contribution is 5.77. The van der Waals surface area contributed by atoms with E-state index in [0.29, 0.717) is 24.3 Å². The molecule has 1 saturated heterocycles. The van der Waals surface area contributed by atoms with Crippen molar-refractivity contribution in [3.8, 4) is 0 Å². The predicted octanol–water partition coefficient (Wildman–Crippen LogP) is 3.30. The highest BCUT2D eigenvalue weighted by atomic mass is 16.5. The van der Waals surface area contributed by atoms with E-state index in [4.69, 9.17) is 4.74 Å². The minimum absolute atomic E-state index is 0.00303. The van der Waals surface area contributed by atoms with Gasteiger partial charge in [0.25, 0.3) is 0 Å². The van der Waals surface area contributed by atoms with Crippen LogP contribution >= 0.6 is 0 Å². The molecule has 7 atom stereocenters. The zero-order chi connectivity index (χ0) is 17.1. The molecule has 3 saturated carbocycles. The van der Waals surface area contributed by atoms with Crippen LogP contribution in [-0.4, -0.2) is 25.0 Å². The van der Waals surface area contributed by atoms with E-state index in [1.54, 1.807) is 0 Å². The van der Waals surface area contributed by atoms with Crippen LogP contribution in [0.4, 0.5) is 0 Å². The summed E-state index contributed by atoms with van der Waals surface area (Å²) in [6.45, 7) is 4.77. The molecule has 0 bridgehead atoms. The smallest absolute Gasteiger partial charge is 0.309 e. The van der Waals surface area contributed by atoms with Crippen LogP contribution in [0.2, 0.25) is 0 Å². The van der Waals surface area contributed by atoms with Gasteiger partial charge in [-0.15, -0.1) is 0 Å². The second-order valence-electron chi connectivity index (χ2n) is 9.28. The number of hydrogen-bond acceptors (Lipinski definition) is 3. The monoisotopic (exact) mass is 333 g/mol. The van der Waals surface area contributed by atoms with Gasteiger partial charge in [-0.1, -0.05) is 13.8 Å². The lowest BCUT2D eigenvalue weighted by molar-refractivity contribution is -0.155. The summed E-state index contributed by atoms with van der Waals surface area (Å²) in [5, 5.41) is 3.28. The third-order valence-corrected chi connectivity index (χ3v) is 8.58. The summed E-state index contributed by atoms with van der Waals surface area (Å²) < 4.78 is 5.12. The Kier molecular flexibility index (Phi) is 3.74. The molecule has 4 heteroatoms. The number of esters is 1. The van der Waals surface area contributed by atoms with E-state index in [1.807, 2.05) is 0 Å². The van der Waals surface area contributed by atoms with Crippen LogP contribution in [0, 0.1) is 34.5 Å². The van der Waals surface area contributed by atoms with Gasteiger partial charge in [0.2, 0.25) is 5.91 Å². The number of carbonyl (C=O) groups excluding carboxylic acids is 2. The molecule has 0 spiro atoms. The Labute approximate surface area is 145 Å². The van der Waals surface area contributed by atoms with E-state index in [0.717, 1.165) is 31.6 Å². The first-order valence-electron chi connectivity index (χ1n) is 9.77. The summed E-state index contributed by atoms with van der Waals surface area (Å²) in [6, 6.07) is 0.363. The Morgan fingerprint density at radius 3 is 2.54 bits per heavy atom. The van der Waals surface area contributed by atoms with Gasteiger partial charge in [-0.25, -0.2) is 0 Å². The van der Waals surface area contributed by atoms with Gasteiger partial charge in [0.05, 0.1) is 13.0 Å². The number of amides is 1. The Balaban J connectivity index is 1.61. The molecule has 4 aliphatic rings. The van der Waals surface area contributed by atoms with Gasteiger partial charge in [0.15, 0.2) is 0 Å². The van der Waals surface area contributed by atoms with Gasteiger partial charge in [0, 0.05) is 12.5 Å². The number of carbonyl (C=O) groups is 2. The maximum absolute atomic E-state index is 12.3. The molecule has 1 amide bonds. The van der Waals surface area contributed by atoms with Gasteiger partial charge in [-0.3, -0.25) is 9.59 Å². The van der Waals surface area contributed by atoms with Crippen molar-refractivity contribution >= 4 is 11.9 Å². The highest BCUT2D eigenvalue weighted by Crippen LogP contribution is 2.65. The molecular formula is C20H31NO3. The molecule has 1 heterocycles. The van der Waals surface area contributed by atoms with E-state index in [1.165, 1.54) is 26.4 Å². The second-order valence-corrected chi connectivity index (χ2v) is 9.28. The van der Waals surface area contributed by atoms with Crippen LogP contribution in [0.1, 0.15) is 65.2 Å². The summed E-state index contributed by atoms with van der Waals surface area (Å²) in [5.74, 6) is 2.40. The van der Waals surface area contributed by atoms with Crippen molar-refractivity contribution in [2.24, 2.45) is 34.5 Å². The molecule has 3 aliphatic carbocycles.